The fourth-order valence-electron chi connectivity index (χ4n) is 1.51. The maximum atomic E-state index is 2.58. The van der Waals surface area contributed by atoms with Crippen molar-refractivity contribution in [3.63, 3.8) is 0 Å². The second-order valence-electron chi connectivity index (χ2n) is 4.33. The zero-order chi connectivity index (χ0) is 13.0. The first-order valence-electron chi connectivity index (χ1n) is 7.09. The van der Waals surface area contributed by atoms with Crippen LogP contribution in [0.5, 0.6) is 0 Å². The summed E-state index contributed by atoms with van der Waals surface area (Å²) in [6.07, 6.45) is 1.35. The number of piperazine rings is 1. The molecule has 0 atom stereocenters. The fraction of sp³-hybridized carbons (Fsp3) is 1.00. The first-order chi connectivity index (χ1) is 7.68. The van der Waals surface area contributed by atoms with E-state index in [9.17, 15) is 0 Å². The average molecular weight is 230 g/mol. The van der Waals surface area contributed by atoms with E-state index < -0.39 is 0 Å². The molecule has 0 N–H and O–H groups in total. The molecule has 0 aromatic heterocycles. The molecule has 16 heavy (non-hydrogen) atoms. The highest BCUT2D eigenvalue weighted by molar-refractivity contribution is 4.69. The van der Waals surface area contributed by atoms with E-state index in [1.165, 1.54) is 39.1 Å². The van der Waals surface area contributed by atoms with Gasteiger partial charge in [-0.2, -0.15) is 0 Å². The molecule has 0 aliphatic carbocycles. The van der Waals surface area contributed by atoms with E-state index in [0.29, 0.717) is 0 Å². The average Bonchev–Trinajstić information content (AvgIpc) is 2.33. The van der Waals surface area contributed by atoms with Gasteiger partial charge in [0.2, 0.25) is 0 Å². The van der Waals surface area contributed by atoms with E-state index in [2.05, 4.69) is 30.7 Å². The fourth-order valence-corrected chi connectivity index (χ4v) is 1.51. The lowest BCUT2D eigenvalue weighted by Crippen LogP contribution is -2.44. The summed E-state index contributed by atoms with van der Waals surface area (Å²) in [5.41, 5.74) is 0. The molecule has 100 valence electrons. The predicted octanol–water partition coefficient (Wildman–Crippen LogP) is 3.33. The molecule has 1 rings (SSSR count). The van der Waals surface area contributed by atoms with Crippen molar-refractivity contribution in [1.29, 1.82) is 0 Å². The van der Waals surface area contributed by atoms with E-state index in [-0.39, 0.29) is 0 Å². The number of nitrogens with zero attached hydrogens (tertiary/aromatic N) is 2. The van der Waals surface area contributed by atoms with E-state index in [1.807, 2.05) is 27.7 Å². The number of hydrogen-bond acceptors (Lipinski definition) is 2. The van der Waals surface area contributed by atoms with Crippen LogP contribution in [-0.4, -0.2) is 49.6 Å². The molecule has 0 saturated carbocycles. The third-order valence-electron chi connectivity index (χ3n) is 2.62. The number of likely N-dealkylation sites (N-methyl/N-ethyl adjacent to an activating group) is 1. The standard InChI is InChI=1S/C10H22N2.2C2H6/c1-10(2)4-5-12-8-6-11(3)7-9-12;2*1-2/h10H,4-9H2,1-3H3;2*1-2H3. The summed E-state index contributed by atoms with van der Waals surface area (Å²) in [5, 5.41) is 0. The van der Waals surface area contributed by atoms with Crippen LogP contribution in [0.4, 0.5) is 0 Å². The molecule has 0 unspecified atom stereocenters. The minimum Gasteiger partial charge on any atom is -0.304 e. The minimum absolute atomic E-state index is 0.852. The van der Waals surface area contributed by atoms with Crippen LogP contribution in [0.1, 0.15) is 48.0 Å². The highest BCUT2D eigenvalue weighted by atomic mass is 15.2. The van der Waals surface area contributed by atoms with E-state index in [0.717, 1.165) is 5.92 Å². The van der Waals surface area contributed by atoms with Gasteiger partial charge in [-0.25, -0.2) is 0 Å². The Morgan fingerprint density at radius 1 is 0.875 bits per heavy atom. The van der Waals surface area contributed by atoms with Crippen molar-refractivity contribution < 1.29 is 0 Å². The third kappa shape index (κ3) is 10.4. The SMILES string of the molecule is CC.CC.CC(C)CCN1CCN(C)CC1. The molecule has 0 bridgehead atoms. The van der Waals surface area contributed by atoms with Gasteiger partial charge in [-0.15, -0.1) is 0 Å². The Morgan fingerprint density at radius 3 is 1.69 bits per heavy atom. The second-order valence-corrected chi connectivity index (χ2v) is 4.33. The molecule has 2 nitrogen and oxygen atoms in total. The molecule has 0 amide bonds. The monoisotopic (exact) mass is 230 g/mol. The van der Waals surface area contributed by atoms with Crippen molar-refractivity contribution in [2.75, 3.05) is 39.8 Å². The van der Waals surface area contributed by atoms with Gasteiger partial charge in [0.15, 0.2) is 0 Å². The van der Waals surface area contributed by atoms with Crippen LogP contribution in [0.3, 0.4) is 0 Å². The predicted molar refractivity (Wildman–Crippen MR) is 76.1 cm³/mol. The van der Waals surface area contributed by atoms with Gasteiger partial charge in [0.1, 0.15) is 0 Å². The molecule has 1 aliphatic heterocycles. The Labute approximate surface area is 104 Å². The summed E-state index contributed by atoms with van der Waals surface area (Å²) in [5.74, 6) is 0.852. The van der Waals surface area contributed by atoms with Crippen LogP contribution in [0.25, 0.3) is 0 Å². The van der Waals surface area contributed by atoms with E-state index in [4.69, 9.17) is 0 Å². The van der Waals surface area contributed by atoms with Gasteiger partial charge in [-0.3, -0.25) is 0 Å². The molecule has 1 saturated heterocycles. The normalized spacial score (nSPS) is 17.2. The van der Waals surface area contributed by atoms with Crippen molar-refractivity contribution in [3.05, 3.63) is 0 Å². The lowest BCUT2D eigenvalue weighted by atomic mass is 10.1. The van der Waals surface area contributed by atoms with Gasteiger partial charge < -0.3 is 9.80 Å². The topological polar surface area (TPSA) is 6.48 Å². The van der Waals surface area contributed by atoms with Crippen LogP contribution in [0.15, 0.2) is 0 Å². The first kappa shape index (κ1) is 18.3. The van der Waals surface area contributed by atoms with Crippen molar-refractivity contribution in [2.24, 2.45) is 5.92 Å². The number of rotatable bonds is 3. The van der Waals surface area contributed by atoms with Gasteiger partial charge in [0, 0.05) is 26.2 Å². The lowest BCUT2D eigenvalue weighted by molar-refractivity contribution is 0.148. The van der Waals surface area contributed by atoms with Crippen molar-refractivity contribution in [3.8, 4) is 0 Å². The summed E-state index contributed by atoms with van der Waals surface area (Å²) in [6, 6.07) is 0. The Bertz CT molecular complexity index is 116. The van der Waals surface area contributed by atoms with Gasteiger partial charge in [-0.05, 0) is 25.9 Å². The highest BCUT2D eigenvalue weighted by Crippen LogP contribution is 2.04. The molecule has 0 aromatic carbocycles. The summed E-state index contributed by atoms with van der Waals surface area (Å²) >= 11 is 0. The zero-order valence-electron chi connectivity index (χ0n) is 12.7. The maximum Gasteiger partial charge on any atom is 0.0110 e. The molecule has 1 heterocycles. The Hall–Kier alpha value is -0.0800. The lowest BCUT2D eigenvalue weighted by Gasteiger charge is -2.32. The van der Waals surface area contributed by atoms with Gasteiger partial charge in [-0.1, -0.05) is 41.5 Å². The molecular formula is C14H34N2. The maximum absolute atomic E-state index is 2.58. The number of hydrogen-bond donors (Lipinski definition) is 0. The Balaban J connectivity index is 0. The summed E-state index contributed by atoms with van der Waals surface area (Å²) in [4.78, 5) is 4.99. The highest BCUT2D eigenvalue weighted by Gasteiger charge is 2.12. The molecular weight excluding hydrogens is 196 g/mol. The van der Waals surface area contributed by atoms with Gasteiger partial charge in [0.25, 0.3) is 0 Å². The Kier molecular flexibility index (Phi) is 14.8. The van der Waals surface area contributed by atoms with Crippen LogP contribution < -0.4 is 0 Å². The largest absolute Gasteiger partial charge is 0.304 e. The van der Waals surface area contributed by atoms with Crippen molar-refractivity contribution in [2.45, 2.75) is 48.0 Å². The van der Waals surface area contributed by atoms with E-state index >= 15 is 0 Å². The molecule has 0 spiro atoms. The van der Waals surface area contributed by atoms with Crippen LogP contribution >= 0.6 is 0 Å². The zero-order valence-corrected chi connectivity index (χ0v) is 12.7. The molecule has 1 fully saturated rings. The van der Waals surface area contributed by atoms with Crippen LogP contribution in [0.2, 0.25) is 0 Å². The minimum atomic E-state index is 0.852. The molecule has 2 heteroatoms. The van der Waals surface area contributed by atoms with Crippen LogP contribution in [-0.2, 0) is 0 Å². The Morgan fingerprint density at radius 2 is 1.31 bits per heavy atom. The van der Waals surface area contributed by atoms with Gasteiger partial charge >= 0.3 is 0 Å². The van der Waals surface area contributed by atoms with E-state index in [1.54, 1.807) is 0 Å². The third-order valence-corrected chi connectivity index (χ3v) is 2.62. The first-order valence-corrected chi connectivity index (χ1v) is 7.09. The van der Waals surface area contributed by atoms with Crippen molar-refractivity contribution >= 4 is 0 Å². The molecule has 1 aliphatic rings. The molecule has 0 radical (unpaired) electrons. The summed E-state index contributed by atoms with van der Waals surface area (Å²) < 4.78 is 0. The summed E-state index contributed by atoms with van der Waals surface area (Å²) in [6.45, 7) is 18.9. The van der Waals surface area contributed by atoms with Crippen molar-refractivity contribution in [1.82, 2.24) is 9.80 Å². The second kappa shape index (κ2) is 13.0. The summed E-state index contributed by atoms with van der Waals surface area (Å²) in [7, 11) is 2.21. The van der Waals surface area contributed by atoms with Crippen LogP contribution in [0, 0.1) is 5.92 Å². The van der Waals surface area contributed by atoms with Gasteiger partial charge in [0.05, 0.1) is 0 Å². The quantitative estimate of drug-likeness (QED) is 0.734. The molecule has 0 aromatic rings. The smallest absolute Gasteiger partial charge is 0.0110 e.